The fourth-order valence-corrected chi connectivity index (χ4v) is 5.24. The summed E-state index contributed by atoms with van der Waals surface area (Å²) >= 11 is 6.86. The van der Waals surface area contributed by atoms with Crippen LogP contribution in [0.25, 0.3) is 4.96 Å². The number of alkyl halides is 6. The zero-order valence-electron chi connectivity index (χ0n) is 12.8. The van der Waals surface area contributed by atoms with Crippen LogP contribution in [-0.2, 0) is 27.9 Å². The number of halogens is 7. The second kappa shape index (κ2) is 6.38. The molecular weight excluding hydrogens is 442 g/mol. The summed E-state index contributed by atoms with van der Waals surface area (Å²) in [7, 11) is -4.38. The molecule has 0 saturated carbocycles. The second-order valence-corrected chi connectivity index (χ2v) is 8.57. The molecule has 13 heteroatoms. The summed E-state index contributed by atoms with van der Waals surface area (Å²) in [6.45, 7) is 0. The molecule has 0 aliphatic rings. The van der Waals surface area contributed by atoms with Gasteiger partial charge in [-0.05, 0) is 23.8 Å². The number of imidazole rings is 1. The summed E-state index contributed by atoms with van der Waals surface area (Å²) in [4.78, 5) is 4.02. The number of rotatable bonds is 3. The molecule has 0 unspecified atom stereocenters. The Hall–Kier alpha value is -1.79. The van der Waals surface area contributed by atoms with Crippen molar-refractivity contribution in [2.75, 3.05) is 0 Å². The van der Waals surface area contributed by atoms with Crippen LogP contribution in [0.2, 0.25) is 5.15 Å². The maximum atomic E-state index is 12.9. The fraction of sp³-hybridized carbons (Fsp3) is 0.214. The Morgan fingerprint density at radius 1 is 1.04 bits per heavy atom. The molecule has 0 bridgehead atoms. The van der Waals surface area contributed by atoms with Crippen LogP contribution in [0.3, 0.4) is 0 Å². The number of thiazole rings is 1. The average Bonchev–Trinajstić information content (AvgIpc) is 3.03. The van der Waals surface area contributed by atoms with Gasteiger partial charge in [0, 0.05) is 11.6 Å². The molecule has 3 rings (SSSR count). The Morgan fingerprint density at radius 2 is 1.59 bits per heavy atom. The molecule has 2 heterocycles. The van der Waals surface area contributed by atoms with E-state index in [2.05, 4.69) is 4.98 Å². The van der Waals surface area contributed by atoms with Gasteiger partial charge >= 0.3 is 12.4 Å². The van der Waals surface area contributed by atoms with Gasteiger partial charge in [0.05, 0.1) is 16.9 Å². The van der Waals surface area contributed by atoms with Gasteiger partial charge in [0.25, 0.3) is 0 Å². The molecule has 2 aromatic heterocycles. The lowest BCUT2D eigenvalue weighted by Crippen LogP contribution is -2.14. The minimum absolute atomic E-state index is 0.0704. The van der Waals surface area contributed by atoms with E-state index in [9.17, 15) is 34.8 Å². The van der Waals surface area contributed by atoms with Crippen molar-refractivity contribution in [2.45, 2.75) is 23.1 Å². The van der Waals surface area contributed by atoms with Crippen molar-refractivity contribution in [1.29, 1.82) is 0 Å². The molecule has 4 nitrogen and oxygen atoms in total. The molecule has 0 amide bonds. The van der Waals surface area contributed by atoms with Crippen LogP contribution in [0.5, 0.6) is 0 Å². The smallest absolute Gasteiger partial charge is 0.280 e. The molecule has 0 aliphatic heterocycles. The zero-order valence-corrected chi connectivity index (χ0v) is 15.2. The number of hydrogen-bond donors (Lipinski definition) is 0. The van der Waals surface area contributed by atoms with Gasteiger partial charge < -0.3 is 0 Å². The maximum absolute atomic E-state index is 12.9. The van der Waals surface area contributed by atoms with Gasteiger partial charge in [0.2, 0.25) is 9.84 Å². The van der Waals surface area contributed by atoms with Gasteiger partial charge in [0.15, 0.2) is 15.1 Å². The quantitative estimate of drug-likeness (QED) is 0.526. The highest BCUT2D eigenvalue weighted by atomic mass is 35.5. The van der Waals surface area contributed by atoms with E-state index in [0.29, 0.717) is 12.1 Å². The summed E-state index contributed by atoms with van der Waals surface area (Å²) in [5.41, 5.74) is -3.86. The number of nitrogens with zero attached hydrogens (tertiary/aromatic N) is 2. The van der Waals surface area contributed by atoms with Gasteiger partial charge in [-0.2, -0.15) is 26.3 Å². The molecule has 0 N–H and O–H groups in total. The van der Waals surface area contributed by atoms with E-state index < -0.39 is 54.8 Å². The first kappa shape index (κ1) is 20.0. The third-order valence-corrected chi connectivity index (χ3v) is 6.30. The molecule has 27 heavy (non-hydrogen) atoms. The van der Waals surface area contributed by atoms with Crippen molar-refractivity contribution in [3.8, 4) is 0 Å². The van der Waals surface area contributed by atoms with Crippen LogP contribution < -0.4 is 0 Å². The molecule has 0 aliphatic carbocycles. The Kier molecular flexibility index (Phi) is 4.72. The van der Waals surface area contributed by atoms with Gasteiger partial charge in [-0.15, -0.1) is 11.3 Å². The SMILES string of the molecule is O=S(=O)(Cc1cc(C(F)(F)F)cc(C(F)(F)F)c1)c1c(Cl)nc2sccn12. The van der Waals surface area contributed by atoms with Crippen molar-refractivity contribution in [3.63, 3.8) is 0 Å². The van der Waals surface area contributed by atoms with Gasteiger partial charge in [-0.3, -0.25) is 4.40 Å². The lowest BCUT2D eigenvalue weighted by Gasteiger charge is -2.14. The number of fused-ring (bicyclic) bond motifs is 1. The zero-order chi connectivity index (χ0) is 20.2. The van der Waals surface area contributed by atoms with Crippen molar-refractivity contribution < 1.29 is 34.8 Å². The lowest BCUT2D eigenvalue weighted by molar-refractivity contribution is -0.143. The standard InChI is InChI=1S/C14H7ClF6N2O2S2/c15-10-11(23-1-2-26-12(23)22-10)27(24,25)6-7-3-8(13(16,17)18)5-9(4-7)14(19,20)21/h1-5H,6H2. The summed E-state index contributed by atoms with van der Waals surface area (Å²) in [6.07, 6.45) is -8.82. The van der Waals surface area contributed by atoms with Gasteiger partial charge in [-0.25, -0.2) is 13.4 Å². The average molecular weight is 449 g/mol. The van der Waals surface area contributed by atoms with E-state index in [1.807, 2.05) is 0 Å². The van der Waals surface area contributed by atoms with Gasteiger partial charge in [-0.1, -0.05) is 11.6 Å². The normalized spacial score (nSPS) is 13.4. The van der Waals surface area contributed by atoms with E-state index in [0.717, 1.165) is 15.7 Å². The highest BCUT2D eigenvalue weighted by Crippen LogP contribution is 2.37. The molecule has 0 spiro atoms. The number of aromatic nitrogens is 2. The summed E-state index contributed by atoms with van der Waals surface area (Å²) in [5, 5.41) is 0.597. The minimum atomic E-state index is -5.07. The topological polar surface area (TPSA) is 51.4 Å². The van der Waals surface area contributed by atoms with Crippen LogP contribution >= 0.6 is 22.9 Å². The molecule has 0 fully saturated rings. The number of sulfone groups is 1. The maximum Gasteiger partial charge on any atom is 0.416 e. The van der Waals surface area contributed by atoms with Crippen LogP contribution in [0, 0.1) is 0 Å². The van der Waals surface area contributed by atoms with Gasteiger partial charge in [0.1, 0.15) is 0 Å². The monoisotopic (exact) mass is 448 g/mol. The van der Waals surface area contributed by atoms with Crippen molar-refractivity contribution >= 4 is 37.7 Å². The summed E-state index contributed by atoms with van der Waals surface area (Å²) in [5.74, 6) is -1.11. The number of benzene rings is 1. The Morgan fingerprint density at radius 3 is 2.11 bits per heavy atom. The third-order valence-electron chi connectivity index (χ3n) is 3.48. The molecule has 0 saturated heterocycles. The van der Waals surface area contributed by atoms with Crippen LogP contribution in [0.15, 0.2) is 34.8 Å². The highest BCUT2D eigenvalue weighted by Gasteiger charge is 2.37. The first-order chi connectivity index (χ1) is 12.3. The summed E-state index contributed by atoms with van der Waals surface area (Å²) < 4.78 is 104. The largest absolute Gasteiger partial charge is 0.416 e. The Balaban J connectivity index is 2.11. The van der Waals surface area contributed by atoms with Crippen molar-refractivity contribution in [2.24, 2.45) is 0 Å². The summed E-state index contributed by atoms with van der Waals surface area (Å²) in [6, 6.07) is 0.665. The minimum Gasteiger partial charge on any atom is -0.280 e. The first-order valence-electron chi connectivity index (χ1n) is 6.91. The molecule has 0 atom stereocenters. The van der Waals surface area contributed by atoms with Crippen molar-refractivity contribution in [1.82, 2.24) is 9.38 Å². The Labute approximate surface area is 156 Å². The van der Waals surface area contributed by atoms with Crippen LogP contribution in [-0.4, -0.2) is 17.8 Å². The fourth-order valence-electron chi connectivity index (χ4n) is 2.41. The first-order valence-corrected chi connectivity index (χ1v) is 9.82. The molecule has 146 valence electrons. The molecule has 3 aromatic rings. The number of hydrogen-bond acceptors (Lipinski definition) is 4. The molecule has 1 aromatic carbocycles. The van der Waals surface area contributed by atoms with E-state index in [-0.39, 0.29) is 11.0 Å². The molecule has 0 radical (unpaired) electrons. The Bertz CT molecular complexity index is 1080. The van der Waals surface area contributed by atoms with Crippen molar-refractivity contribution in [3.05, 3.63) is 51.6 Å². The van der Waals surface area contributed by atoms with Crippen LogP contribution in [0.4, 0.5) is 26.3 Å². The predicted molar refractivity (Wildman–Crippen MR) is 85.4 cm³/mol. The second-order valence-electron chi connectivity index (χ2n) is 5.44. The highest BCUT2D eigenvalue weighted by molar-refractivity contribution is 7.90. The third kappa shape index (κ3) is 3.92. The van der Waals surface area contributed by atoms with E-state index >= 15 is 0 Å². The van der Waals surface area contributed by atoms with E-state index in [4.69, 9.17) is 11.6 Å². The predicted octanol–water partition coefficient (Wildman–Crippen LogP) is 5.06. The van der Waals surface area contributed by atoms with Crippen LogP contribution in [0.1, 0.15) is 16.7 Å². The van der Waals surface area contributed by atoms with E-state index in [1.54, 1.807) is 0 Å². The lowest BCUT2D eigenvalue weighted by atomic mass is 10.1. The molecular formula is C14H7ClF6N2O2S2. The van der Waals surface area contributed by atoms with E-state index in [1.165, 1.54) is 11.6 Å².